The van der Waals surface area contributed by atoms with E-state index in [2.05, 4.69) is 25.7 Å². The lowest BCUT2D eigenvalue weighted by Gasteiger charge is -2.32. The average Bonchev–Trinajstić information content (AvgIpc) is 2.98. The molecule has 1 rings (SSSR count). The summed E-state index contributed by atoms with van der Waals surface area (Å²) in [5.74, 6) is 0. The van der Waals surface area contributed by atoms with Crippen LogP contribution in [0.25, 0.3) is 0 Å². The molecule has 0 saturated carbocycles. The van der Waals surface area contributed by atoms with E-state index in [1.54, 1.807) is 0 Å². The molecule has 0 spiro atoms. The van der Waals surface area contributed by atoms with E-state index in [0.29, 0.717) is 13.2 Å². The Morgan fingerprint density at radius 3 is 1.96 bits per heavy atom. The maximum Gasteiger partial charge on any atom is 0.478 e. The zero-order chi connectivity index (χ0) is 20.0. The van der Waals surface area contributed by atoms with Gasteiger partial charge in [-0.15, -0.1) is 0 Å². The van der Waals surface area contributed by atoms with Crippen molar-refractivity contribution in [3.63, 3.8) is 0 Å². The Kier molecular flexibility index (Phi) is 13.1. The highest BCUT2D eigenvalue weighted by Crippen LogP contribution is 2.52. The predicted octanol–water partition coefficient (Wildman–Crippen LogP) is 6.11. The van der Waals surface area contributed by atoms with Crippen molar-refractivity contribution < 1.29 is 18.1 Å². The van der Waals surface area contributed by atoms with Crippen molar-refractivity contribution >= 4 is 7.82 Å². The fourth-order valence-corrected chi connectivity index (χ4v) is 4.22. The second kappa shape index (κ2) is 14.4. The summed E-state index contributed by atoms with van der Waals surface area (Å²) in [7, 11) is -1.66. The van der Waals surface area contributed by atoms with E-state index in [1.807, 2.05) is 24.3 Å². The van der Waals surface area contributed by atoms with Gasteiger partial charge in [0.15, 0.2) is 0 Å². The van der Waals surface area contributed by atoms with Gasteiger partial charge in [-0.05, 0) is 19.3 Å². The fourth-order valence-electron chi connectivity index (χ4n) is 2.82. The molecule has 7 heteroatoms. The molecule has 160 valence electrons. The first kappa shape index (κ1) is 24.5. The van der Waals surface area contributed by atoms with Gasteiger partial charge in [0.1, 0.15) is 0 Å². The molecule has 0 N–H and O–H groups in total. The van der Waals surface area contributed by atoms with Crippen LogP contribution in [0.1, 0.15) is 85.0 Å². The topological polar surface area (TPSA) is 51.2 Å². The van der Waals surface area contributed by atoms with Crippen LogP contribution in [0.15, 0.2) is 12.4 Å². The van der Waals surface area contributed by atoms with Crippen LogP contribution < -0.4 is 0 Å². The molecule has 0 bridgehead atoms. The van der Waals surface area contributed by atoms with Crippen LogP contribution in [0.5, 0.6) is 0 Å². The smallest absolute Gasteiger partial charge is 0.337 e. The molecule has 0 aromatic heterocycles. The second-order valence-electron chi connectivity index (χ2n) is 7.22. The summed E-state index contributed by atoms with van der Waals surface area (Å²) in [4.78, 5) is 3.99. The molecule has 1 aliphatic heterocycles. The van der Waals surface area contributed by atoms with Gasteiger partial charge in [-0.2, -0.15) is 0 Å². The zero-order valence-electron chi connectivity index (χ0n) is 17.9. The van der Waals surface area contributed by atoms with Crippen LogP contribution in [0.2, 0.25) is 0 Å². The first-order valence-corrected chi connectivity index (χ1v) is 12.3. The Morgan fingerprint density at radius 1 is 0.815 bits per heavy atom. The molecule has 6 nitrogen and oxygen atoms in total. The van der Waals surface area contributed by atoms with Gasteiger partial charge in [-0.25, -0.2) is 9.09 Å². The van der Waals surface area contributed by atoms with E-state index in [-0.39, 0.29) is 0 Å². The lowest BCUT2D eigenvalue weighted by molar-refractivity contribution is -0.0463. The summed E-state index contributed by atoms with van der Waals surface area (Å²) in [6, 6.07) is 0. The van der Waals surface area contributed by atoms with Gasteiger partial charge in [0.25, 0.3) is 0 Å². The van der Waals surface area contributed by atoms with Crippen molar-refractivity contribution in [3.05, 3.63) is 12.4 Å². The molecule has 27 heavy (non-hydrogen) atoms. The van der Waals surface area contributed by atoms with E-state index in [0.717, 1.165) is 38.6 Å². The monoisotopic (exact) mass is 404 g/mol. The van der Waals surface area contributed by atoms with E-state index in [1.165, 1.54) is 32.1 Å². The van der Waals surface area contributed by atoms with E-state index in [9.17, 15) is 4.57 Å². The molecule has 0 radical (unpaired) electrons. The number of phosphoric ester groups is 1. The number of phosphoric acid groups is 1. The molecule has 1 heterocycles. The van der Waals surface area contributed by atoms with E-state index in [4.69, 9.17) is 13.6 Å². The number of rotatable bonds is 17. The molecule has 0 amide bonds. The summed E-state index contributed by atoms with van der Waals surface area (Å²) in [6.45, 7) is 8.04. The number of unbranched alkanes of at least 4 members (excludes halogenated alkanes) is 7. The maximum atomic E-state index is 13.1. The lowest BCUT2D eigenvalue weighted by atomic mass is 10.1. The zero-order valence-corrected chi connectivity index (χ0v) is 18.8. The largest absolute Gasteiger partial charge is 0.478 e. The maximum absolute atomic E-state index is 13.1. The molecule has 0 aromatic carbocycles. The molecular formula is C20H41N2O4P. The number of hydrogen-bond donors (Lipinski definition) is 0. The van der Waals surface area contributed by atoms with Crippen LogP contribution in [0, 0.1) is 0 Å². The van der Waals surface area contributed by atoms with E-state index < -0.39 is 14.2 Å². The molecule has 1 atom stereocenters. The van der Waals surface area contributed by atoms with Crippen molar-refractivity contribution in [2.24, 2.45) is 0 Å². The molecule has 1 unspecified atom stereocenters. The molecular weight excluding hydrogens is 363 g/mol. The standard InChI is InChI=1S/C20H41N2O4P/c1-5-8-11-12-13-14-15-22-17-16-21(4)20(22)26-27(23,24-18-9-6-2)25-19-10-7-3/h16-17,20H,5-15,18-19H2,1-4H3. The second-order valence-corrected chi connectivity index (χ2v) is 8.84. The quantitative estimate of drug-likeness (QED) is 0.215. The normalized spacial score (nSPS) is 17.3. The third kappa shape index (κ3) is 9.98. The summed E-state index contributed by atoms with van der Waals surface area (Å²) >= 11 is 0. The van der Waals surface area contributed by atoms with Crippen molar-refractivity contribution in [3.8, 4) is 0 Å². The minimum absolute atomic E-state index is 0.390. The number of hydrogen-bond acceptors (Lipinski definition) is 6. The van der Waals surface area contributed by atoms with Gasteiger partial charge in [0.2, 0.25) is 6.35 Å². The summed E-state index contributed by atoms with van der Waals surface area (Å²) in [5, 5.41) is 0. The molecule has 1 aliphatic rings. The first-order valence-electron chi connectivity index (χ1n) is 10.8. The average molecular weight is 405 g/mol. The Morgan fingerprint density at radius 2 is 1.37 bits per heavy atom. The first-order chi connectivity index (χ1) is 13.1. The third-order valence-electron chi connectivity index (χ3n) is 4.61. The van der Waals surface area contributed by atoms with Crippen molar-refractivity contribution in [1.29, 1.82) is 0 Å². The lowest BCUT2D eigenvalue weighted by Crippen LogP contribution is -2.39. The van der Waals surface area contributed by atoms with Gasteiger partial charge in [-0.1, -0.05) is 65.7 Å². The Labute approximate surface area is 166 Å². The predicted molar refractivity (Wildman–Crippen MR) is 111 cm³/mol. The third-order valence-corrected chi connectivity index (χ3v) is 6.06. The highest BCUT2D eigenvalue weighted by atomic mass is 31.2. The van der Waals surface area contributed by atoms with Crippen LogP contribution in [0.3, 0.4) is 0 Å². The highest BCUT2D eigenvalue weighted by Gasteiger charge is 2.36. The summed E-state index contributed by atoms with van der Waals surface area (Å²) in [6.07, 6.45) is 14.6. The van der Waals surface area contributed by atoms with Crippen LogP contribution in [-0.4, -0.2) is 43.0 Å². The Balaban J connectivity index is 2.54. The highest BCUT2D eigenvalue weighted by molar-refractivity contribution is 7.48. The van der Waals surface area contributed by atoms with Crippen molar-refractivity contribution in [1.82, 2.24) is 9.80 Å². The van der Waals surface area contributed by atoms with Gasteiger partial charge in [-0.3, -0.25) is 9.05 Å². The Bertz CT molecular complexity index is 434. The van der Waals surface area contributed by atoms with Crippen molar-refractivity contribution in [2.45, 2.75) is 91.3 Å². The minimum Gasteiger partial charge on any atom is -0.337 e. The van der Waals surface area contributed by atoms with Gasteiger partial charge in [0.05, 0.1) is 13.2 Å². The van der Waals surface area contributed by atoms with Crippen molar-refractivity contribution in [2.75, 3.05) is 26.8 Å². The van der Waals surface area contributed by atoms with Crippen LogP contribution in [0.4, 0.5) is 0 Å². The number of nitrogens with zero attached hydrogens (tertiary/aromatic N) is 2. The minimum atomic E-state index is -3.58. The van der Waals surface area contributed by atoms with Gasteiger partial charge < -0.3 is 9.80 Å². The van der Waals surface area contributed by atoms with Crippen LogP contribution in [-0.2, 0) is 18.1 Å². The molecule has 0 fully saturated rings. The van der Waals surface area contributed by atoms with E-state index >= 15 is 0 Å². The van der Waals surface area contributed by atoms with Crippen LogP contribution >= 0.6 is 7.82 Å². The van der Waals surface area contributed by atoms with Gasteiger partial charge in [0, 0.05) is 26.0 Å². The molecule has 0 aromatic rings. The van der Waals surface area contributed by atoms with Gasteiger partial charge >= 0.3 is 7.82 Å². The Hall–Kier alpha value is -0.550. The SMILES string of the molecule is CCCCCCCCN1C=CN(C)C1OP(=O)(OCCCC)OCCCC. The fraction of sp³-hybridized carbons (Fsp3) is 0.900. The molecule has 0 saturated heterocycles. The summed E-state index contributed by atoms with van der Waals surface area (Å²) < 4.78 is 30.2. The molecule has 0 aliphatic carbocycles. The summed E-state index contributed by atoms with van der Waals surface area (Å²) in [5.41, 5.74) is 0.